The fourth-order valence-electron chi connectivity index (χ4n) is 4.85. The van der Waals surface area contributed by atoms with Gasteiger partial charge in [-0.15, -0.1) is 0 Å². The highest BCUT2D eigenvalue weighted by Gasteiger charge is 2.60. The first-order valence-corrected chi connectivity index (χ1v) is 10.1. The van der Waals surface area contributed by atoms with E-state index in [4.69, 9.17) is 19.7 Å². The van der Waals surface area contributed by atoms with Crippen molar-refractivity contribution in [2.24, 2.45) is 29.6 Å². The van der Waals surface area contributed by atoms with E-state index >= 15 is 0 Å². The van der Waals surface area contributed by atoms with Crippen LogP contribution >= 0.6 is 0 Å². The van der Waals surface area contributed by atoms with Crippen molar-refractivity contribution >= 4 is 5.97 Å². The molecule has 1 saturated carbocycles. The van der Waals surface area contributed by atoms with Gasteiger partial charge in [-0.3, -0.25) is 4.79 Å². The van der Waals surface area contributed by atoms with Gasteiger partial charge in [0.2, 0.25) is 0 Å². The van der Waals surface area contributed by atoms with E-state index in [0.717, 1.165) is 19.3 Å². The second-order valence-corrected chi connectivity index (χ2v) is 8.90. The molecular weight excluding hydrogens is 352 g/mol. The van der Waals surface area contributed by atoms with Crippen molar-refractivity contribution in [2.45, 2.75) is 77.5 Å². The molecule has 0 aromatic heterocycles. The van der Waals surface area contributed by atoms with Crippen LogP contribution in [0.2, 0.25) is 0 Å². The summed E-state index contributed by atoms with van der Waals surface area (Å²) in [6.07, 6.45) is 3.95. The lowest BCUT2D eigenvalue weighted by Gasteiger charge is -2.58. The van der Waals surface area contributed by atoms with E-state index in [1.807, 2.05) is 0 Å². The topological polar surface area (TPSA) is 116 Å². The molecule has 27 heavy (non-hydrogen) atoms. The SMILES string of the molecule is CC(CO)C(=O)O.CC1CCC2[C@@H](C)CO[C@@H]3OC(C)(O)CCCC1C23O. The minimum absolute atomic E-state index is 0.213. The van der Waals surface area contributed by atoms with Crippen LogP contribution in [0, 0.1) is 29.6 Å². The number of carboxylic acids is 1. The number of hydrogen-bond acceptors (Lipinski definition) is 6. The van der Waals surface area contributed by atoms with E-state index in [2.05, 4.69) is 13.8 Å². The zero-order valence-corrected chi connectivity index (χ0v) is 16.9. The molecule has 6 unspecified atom stereocenters. The number of aliphatic hydroxyl groups excluding tert-OH is 1. The number of ether oxygens (including phenoxy) is 2. The molecular formula is C20H36O7. The summed E-state index contributed by atoms with van der Waals surface area (Å²) in [6.45, 7) is 7.84. The molecule has 7 nitrogen and oxygen atoms in total. The van der Waals surface area contributed by atoms with E-state index in [0.29, 0.717) is 24.9 Å². The standard InChI is InChI=1S/C16H28O4.C4H8O3/c1-10-6-7-13-11(2)9-19-14-16(13,18)12(10)5-4-8-15(3,17)20-14;1-3(2-5)4(6)7/h10-14,17-18H,4-9H2,1-3H3;3,5H,2H2,1H3,(H,6,7)/t10?,11-,12?,13?,14+,15?,16?;/m0./s1. The van der Waals surface area contributed by atoms with Gasteiger partial charge in [-0.2, -0.15) is 0 Å². The highest BCUT2D eigenvalue weighted by atomic mass is 16.7. The third kappa shape index (κ3) is 4.82. The van der Waals surface area contributed by atoms with E-state index in [-0.39, 0.29) is 18.4 Å². The van der Waals surface area contributed by atoms with Gasteiger partial charge < -0.3 is 29.9 Å². The highest BCUT2D eigenvalue weighted by molar-refractivity contribution is 5.69. The molecule has 3 aliphatic rings. The van der Waals surface area contributed by atoms with Gasteiger partial charge in [0.15, 0.2) is 12.1 Å². The molecule has 0 aromatic carbocycles. The molecule has 3 fully saturated rings. The lowest BCUT2D eigenvalue weighted by molar-refractivity contribution is -0.384. The number of rotatable bonds is 2. The van der Waals surface area contributed by atoms with Crippen molar-refractivity contribution in [2.75, 3.05) is 13.2 Å². The normalized spacial score (nSPS) is 45.4. The van der Waals surface area contributed by atoms with Crippen molar-refractivity contribution in [3.8, 4) is 0 Å². The smallest absolute Gasteiger partial charge is 0.308 e. The van der Waals surface area contributed by atoms with E-state index in [1.54, 1.807) is 6.92 Å². The molecule has 0 radical (unpaired) electrons. The van der Waals surface area contributed by atoms with Crippen LogP contribution in [0.3, 0.4) is 0 Å². The number of aliphatic carboxylic acids is 1. The Kier molecular flexibility index (Phi) is 7.30. The fraction of sp³-hybridized carbons (Fsp3) is 0.950. The monoisotopic (exact) mass is 388 g/mol. The first-order chi connectivity index (χ1) is 12.5. The summed E-state index contributed by atoms with van der Waals surface area (Å²) in [5.41, 5.74) is -0.945. The zero-order chi connectivity index (χ0) is 20.4. The zero-order valence-electron chi connectivity index (χ0n) is 16.9. The van der Waals surface area contributed by atoms with Gasteiger partial charge in [-0.1, -0.05) is 13.8 Å². The third-order valence-corrected chi connectivity index (χ3v) is 6.59. The van der Waals surface area contributed by atoms with Crippen LogP contribution < -0.4 is 0 Å². The summed E-state index contributed by atoms with van der Waals surface area (Å²) in [7, 11) is 0. The van der Waals surface area contributed by atoms with E-state index < -0.39 is 29.6 Å². The van der Waals surface area contributed by atoms with Crippen molar-refractivity contribution in [3.05, 3.63) is 0 Å². The Bertz CT molecular complexity index is 509. The largest absolute Gasteiger partial charge is 0.481 e. The molecule has 0 spiro atoms. The molecule has 7 heteroatoms. The second-order valence-electron chi connectivity index (χ2n) is 8.90. The van der Waals surface area contributed by atoms with E-state index in [9.17, 15) is 15.0 Å². The average Bonchev–Trinajstić information content (AvgIpc) is 2.58. The molecule has 158 valence electrons. The number of hydrogen-bond donors (Lipinski definition) is 4. The quantitative estimate of drug-likeness (QED) is 0.571. The first-order valence-electron chi connectivity index (χ1n) is 10.1. The predicted octanol–water partition coefficient (Wildman–Crippen LogP) is 1.98. The number of carboxylic acid groups (broad SMARTS) is 1. The molecule has 2 heterocycles. The predicted molar refractivity (Wildman–Crippen MR) is 98.7 cm³/mol. The van der Waals surface area contributed by atoms with Gasteiger partial charge in [0, 0.05) is 6.42 Å². The van der Waals surface area contributed by atoms with Crippen molar-refractivity contribution in [1.29, 1.82) is 0 Å². The maximum absolute atomic E-state index is 11.5. The molecule has 2 saturated heterocycles. The number of aliphatic hydroxyl groups is 3. The molecule has 0 bridgehead atoms. The Morgan fingerprint density at radius 3 is 2.33 bits per heavy atom. The van der Waals surface area contributed by atoms with Crippen LogP contribution in [0.1, 0.15) is 59.8 Å². The van der Waals surface area contributed by atoms with Crippen LogP contribution in [0.4, 0.5) is 0 Å². The van der Waals surface area contributed by atoms with Crippen LogP contribution in [-0.2, 0) is 14.3 Å². The Balaban J connectivity index is 0.000000321. The van der Waals surface area contributed by atoms with Crippen molar-refractivity contribution in [1.82, 2.24) is 0 Å². The summed E-state index contributed by atoms with van der Waals surface area (Å²) < 4.78 is 11.6. The summed E-state index contributed by atoms with van der Waals surface area (Å²) >= 11 is 0. The highest BCUT2D eigenvalue weighted by Crippen LogP contribution is 2.53. The molecule has 4 N–H and O–H groups in total. The van der Waals surface area contributed by atoms with Crippen LogP contribution in [0.5, 0.6) is 0 Å². The Labute approximate surface area is 161 Å². The molecule has 0 amide bonds. The Hall–Kier alpha value is -0.730. The van der Waals surface area contributed by atoms with Gasteiger partial charge in [0.1, 0.15) is 5.60 Å². The first kappa shape index (κ1) is 22.6. The van der Waals surface area contributed by atoms with Gasteiger partial charge in [-0.05, 0) is 63.2 Å². The average molecular weight is 389 g/mol. The van der Waals surface area contributed by atoms with Crippen LogP contribution in [0.25, 0.3) is 0 Å². The van der Waals surface area contributed by atoms with Crippen molar-refractivity contribution in [3.63, 3.8) is 0 Å². The van der Waals surface area contributed by atoms with Crippen LogP contribution in [0.15, 0.2) is 0 Å². The van der Waals surface area contributed by atoms with Gasteiger partial charge in [-0.25, -0.2) is 0 Å². The molecule has 8 atom stereocenters. The summed E-state index contributed by atoms with van der Waals surface area (Å²) in [6, 6.07) is 0. The lowest BCUT2D eigenvalue weighted by Crippen LogP contribution is -2.66. The van der Waals surface area contributed by atoms with Crippen LogP contribution in [-0.4, -0.2) is 57.3 Å². The van der Waals surface area contributed by atoms with Gasteiger partial charge >= 0.3 is 5.97 Å². The third-order valence-electron chi connectivity index (χ3n) is 6.59. The maximum atomic E-state index is 11.5. The summed E-state index contributed by atoms with van der Waals surface area (Å²) in [5, 5.41) is 37.9. The maximum Gasteiger partial charge on any atom is 0.308 e. The summed E-state index contributed by atoms with van der Waals surface area (Å²) in [5.74, 6) is -1.51. The minimum Gasteiger partial charge on any atom is -0.481 e. The second kappa shape index (κ2) is 8.74. The lowest BCUT2D eigenvalue weighted by atomic mass is 9.58. The fourth-order valence-corrected chi connectivity index (χ4v) is 4.85. The van der Waals surface area contributed by atoms with Gasteiger partial charge in [0.05, 0.1) is 19.1 Å². The van der Waals surface area contributed by atoms with E-state index in [1.165, 1.54) is 13.3 Å². The van der Waals surface area contributed by atoms with Crippen molar-refractivity contribution < 1.29 is 34.7 Å². The number of carbonyl (C=O) groups is 1. The van der Waals surface area contributed by atoms with Gasteiger partial charge in [0.25, 0.3) is 0 Å². The summed E-state index contributed by atoms with van der Waals surface area (Å²) in [4.78, 5) is 9.77. The molecule has 1 aliphatic carbocycles. The molecule has 3 rings (SSSR count). The molecule has 2 aliphatic heterocycles. The Morgan fingerprint density at radius 1 is 1.15 bits per heavy atom. The minimum atomic E-state index is -1.20. The Morgan fingerprint density at radius 2 is 1.78 bits per heavy atom. The molecule has 0 aromatic rings.